The second-order valence-corrected chi connectivity index (χ2v) is 19.5. The summed E-state index contributed by atoms with van der Waals surface area (Å²) in [4.78, 5) is 54.8. The van der Waals surface area contributed by atoms with Gasteiger partial charge in [-0.25, -0.2) is 44.4 Å². The van der Waals surface area contributed by atoms with Gasteiger partial charge in [-0.3, -0.25) is 8.98 Å². The Labute approximate surface area is 320 Å². The Morgan fingerprint density at radius 3 is 1.64 bits per heavy atom. The highest BCUT2D eigenvalue weighted by atomic mass is 32.2. The molecular weight excluding hydrogens is 911 g/mol. The molecule has 3 saturated heterocycles. The second-order valence-electron chi connectivity index (χ2n) is 13.4. The summed E-state index contributed by atoms with van der Waals surface area (Å²) < 4.78 is 224. The van der Waals surface area contributed by atoms with Crippen molar-refractivity contribution in [2.75, 3.05) is 13.2 Å². The van der Waals surface area contributed by atoms with Crippen LogP contribution in [0.4, 0.5) is 31.1 Å². The number of carbonyl (C=O) groups excluding carboxylic acids is 5. The molecule has 4 aliphatic carbocycles. The number of carbonyl (C=O) groups is 5. The summed E-state index contributed by atoms with van der Waals surface area (Å²) in [7, 11) is -22.3. The number of cyclic esters (lactones) is 2. The van der Waals surface area contributed by atoms with Gasteiger partial charge in [-0.05, 0) is 25.7 Å². The third-order valence-electron chi connectivity index (χ3n) is 10.0. The van der Waals surface area contributed by atoms with Crippen LogP contribution >= 0.6 is 0 Å². The number of ether oxygens (including phenoxy) is 6. The average molecular weight is 934 g/mol. The standard InChI is InChI=1S/C10H10F2O7S.C9H10F2O8S2.C6H6F2O8S/c11-10(12,20(15,16)17)9(14)19-6-3-1-4-5(2-3)8(13)18-7(4)6;10-9(11,21(15,16)17)8(12)18-6-3-1-4-5(2-3)20(13,14)19-7(4)6;7-6(8,17(11,12)13)4(9)14-1-3-2-15-5(10)16-3/h3-7H,1-2H2,(H,15,16,17);3-7H,1-2H2,(H,15,16,17);3H,1-2H2,(H,11,12,13)/p-3. The van der Waals surface area contributed by atoms with E-state index in [1.807, 2.05) is 0 Å². The van der Waals surface area contributed by atoms with Crippen LogP contribution in [0.1, 0.15) is 25.7 Å². The van der Waals surface area contributed by atoms with Crippen molar-refractivity contribution in [3.05, 3.63) is 0 Å². The van der Waals surface area contributed by atoms with E-state index < -0.39 is 140 Å². The van der Waals surface area contributed by atoms with E-state index in [-0.39, 0.29) is 30.8 Å². The van der Waals surface area contributed by atoms with Gasteiger partial charge in [-0.1, -0.05) is 0 Å². The summed E-state index contributed by atoms with van der Waals surface area (Å²) in [6.07, 6.45) is -5.23. The molecule has 0 aromatic carbocycles. The van der Waals surface area contributed by atoms with Crippen LogP contribution in [-0.2, 0) is 92.3 Å². The van der Waals surface area contributed by atoms with Crippen LogP contribution in [0.2, 0.25) is 0 Å². The number of hydrogen-bond donors (Lipinski definition) is 0. The van der Waals surface area contributed by atoms with Gasteiger partial charge in [0.2, 0.25) is 0 Å². The van der Waals surface area contributed by atoms with E-state index in [1.165, 1.54) is 0 Å². The smallest absolute Gasteiger partial charge is 0.508 e. The molecule has 0 radical (unpaired) electrons. The number of alkyl halides is 6. The molecule has 330 valence electrons. The maximum atomic E-state index is 13.1. The molecule has 7 fully saturated rings. The van der Waals surface area contributed by atoms with Crippen molar-refractivity contribution < 1.29 is 130 Å². The number of esters is 4. The minimum Gasteiger partial charge on any atom is -0.743 e. The molecule has 4 saturated carbocycles. The Morgan fingerprint density at radius 1 is 0.690 bits per heavy atom. The molecule has 0 amide bonds. The van der Waals surface area contributed by atoms with Gasteiger partial charge >= 0.3 is 45.8 Å². The quantitative estimate of drug-likeness (QED) is 0.0751. The summed E-state index contributed by atoms with van der Waals surface area (Å²) in [5.41, 5.74) is 0. The molecule has 7 aliphatic rings. The highest BCUT2D eigenvalue weighted by molar-refractivity contribution is 7.88. The minimum atomic E-state index is -6.21. The average Bonchev–Trinajstić information content (AvgIpc) is 3.93. The van der Waals surface area contributed by atoms with E-state index in [9.17, 15) is 97.6 Å². The zero-order valence-corrected chi connectivity index (χ0v) is 31.1. The van der Waals surface area contributed by atoms with Crippen LogP contribution in [0.25, 0.3) is 0 Å². The lowest BCUT2D eigenvalue weighted by atomic mass is 9.88. The number of rotatable bonds is 10. The van der Waals surface area contributed by atoms with Gasteiger partial charge in [0.25, 0.3) is 10.1 Å². The van der Waals surface area contributed by atoms with Gasteiger partial charge in [-0.2, -0.15) is 34.8 Å². The van der Waals surface area contributed by atoms with Crippen LogP contribution in [0.3, 0.4) is 0 Å². The van der Waals surface area contributed by atoms with E-state index >= 15 is 0 Å². The van der Waals surface area contributed by atoms with Gasteiger partial charge in [0.05, 0.1) is 11.2 Å². The molecule has 11 atom stereocenters. The monoisotopic (exact) mass is 933 g/mol. The van der Waals surface area contributed by atoms with Crippen molar-refractivity contribution in [1.82, 2.24) is 0 Å². The lowest BCUT2D eigenvalue weighted by molar-refractivity contribution is -0.176. The van der Waals surface area contributed by atoms with Gasteiger partial charge in [0, 0.05) is 23.7 Å². The fraction of sp³-hybridized carbons (Fsp3) is 0.800. The van der Waals surface area contributed by atoms with Crippen LogP contribution < -0.4 is 0 Å². The third kappa shape index (κ3) is 8.13. The predicted octanol–water partition coefficient (Wildman–Crippen LogP) is -2.01. The van der Waals surface area contributed by atoms with Crippen molar-refractivity contribution in [2.45, 2.75) is 77.2 Å². The molecule has 7 rings (SSSR count). The first-order valence-electron chi connectivity index (χ1n) is 15.8. The van der Waals surface area contributed by atoms with Crippen molar-refractivity contribution in [3.63, 3.8) is 0 Å². The van der Waals surface area contributed by atoms with Crippen LogP contribution in [0, 0.1) is 29.6 Å². The normalized spacial score (nSPS) is 34.1. The summed E-state index contributed by atoms with van der Waals surface area (Å²) >= 11 is 0. The Kier molecular flexibility index (Phi) is 11.6. The molecule has 3 heterocycles. The van der Waals surface area contributed by atoms with Gasteiger partial charge in [0.15, 0.2) is 36.5 Å². The third-order valence-corrected chi connectivity index (χ3v) is 14.2. The van der Waals surface area contributed by atoms with E-state index in [4.69, 9.17) is 8.92 Å². The first-order valence-corrected chi connectivity index (χ1v) is 21.5. The number of halogens is 6. The zero-order chi connectivity index (χ0) is 43.9. The fourth-order valence-electron chi connectivity index (χ4n) is 7.50. The maximum absolute atomic E-state index is 13.1. The molecule has 0 aromatic heterocycles. The predicted molar refractivity (Wildman–Crippen MR) is 154 cm³/mol. The zero-order valence-electron chi connectivity index (χ0n) is 27.9. The molecule has 0 aromatic rings. The van der Waals surface area contributed by atoms with Crippen molar-refractivity contribution in [3.8, 4) is 0 Å². The lowest BCUT2D eigenvalue weighted by Gasteiger charge is -2.27. The Bertz CT molecular complexity index is 2200. The highest BCUT2D eigenvalue weighted by Gasteiger charge is 2.67. The van der Waals surface area contributed by atoms with E-state index in [0.29, 0.717) is 19.3 Å². The molecule has 11 unspecified atom stereocenters. The second kappa shape index (κ2) is 14.8. The SMILES string of the molecule is O=C(OC1C2CC3C1OS(=O)(=O)C3C2)C(F)(F)S(=O)(=O)[O-].O=C1OC2C3CC(CC13)C2OC(=O)C(F)(F)S(=O)(=O)[O-].O=C1OCC(COC(=O)C(F)(F)S(=O)(=O)[O-])O1. The number of hydrogen-bond acceptors (Lipinski definition) is 23. The van der Waals surface area contributed by atoms with Crippen molar-refractivity contribution >= 4 is 70.5 Å². The summed E-state index contributed by atoms with van der Waals surface area (Å²) in [5, 5.41) is -16.3. The molecule has 0 spiro atoms. The summed E-state index contributed by atoms with van der Waals surface area (Å²) in [5.74, 6) is -9.68. The fourth-order valence-corrected chi connectivity index (χ4v) is 10.1. The number of fused-ring (bicyclic) bond motifs is 2. The first-order chi connectivity index (χ1) is 26.2. The molecular formula is C25H23F6O23S4-3. The summed E-state index contributed by atoms with van der Waals surface area (Å²) in [6, 6.07) is 0. The Hall–Kier alpha value is -3.63. The van der Waals surface area contributed by atoms with Crippen LogP contribution in [-0.4, -0.2) is 142 Å². The van der Waals surface area contributed by atoms with Gasteiger partial charge < -0.3 is 42.1 Å². The molecule has 58 heavy (non-hydrogen) atoms. The molecule has 3 aliphatic heterocycles. The first kappa shape index (κ1) is 45.5. The van der Waals surface area contributed by atoms with Gasteiger partial charge in [0.1, 0.15) is 37.6 Å². The van der Waals surface area contributed by atoms with E-state index in [0.717, 1.165) is 0 Å². The van der Waals surface area contributed by atoms with Crippen LogP contribution in [0.5, 0.6) is 0 Å². The molecule has 33 heteroatoms. The van der Waals surface area contributed by atoms with E-state index in [2.05, 4.69) is 23.7 Å². The van der Waals surface area contributed by atoms with Crippen LogP contribution in [0.15, 0.2) is 0 Å². The maximum Gasteiger partial charge on any atom is 0.508 e. The Balaban J connectivity index is 0.000000167. The molecule has 23 nitrogen and oxygen atoms in total. The van der Waals surface area contributed by atoms with Crippen molar-refractivity contribution in [1.29, 1.82) is 0 Å². The minimum absolute atomic E-state index is 0.0944. The molecule has 4 bridgehead atoms. The lowest BCUT2D eigenvalue weighted by Crippen LogP contribution is -2.45. The highest BCUT2D eigenvalue weighted by Crippen LogP contribution is 2.56. The van der Waals surface area contributed by atoms with Gasteiger partial charge in [-0.15, -0.1) is 0 Å². The Morgan fingerprint density at radius 2 is 1.16 bits per heavy atom. The van der Waals surface area contributed by atoms with E-state index in [1.54, 1.807) is 0 Å². The largest absolute Gasteiger partial charge is 0.743 e. The summed E-state index contributed by atoms with van der Waals surface area (Å²) in [6.45, 7) is -1.17. The molecule has 0 N–H and O–H groups in total. The topological polar surface area (TPSA) is 356 Å². The van der Waals surface area contributed by atoms with Crippen molar-refractivity contribution in [2.24, 2.45) is 29.6 Å².